The molecule has 4 aliphatic heterocycles. The van der Waals surface area contributed by atoms with Gasteiger partial charge in [-0.2, -0.15) is 10.2 Å². The van der Waals surface area contributed by atoms with Crippen LogP contribution in [0.4, 0.5) is 0 Å². The van der Waals surface area contributed by atoms with E-state index in [9.17, 15) is 0 Å². The van der Waals surface area contributed by atoms with E-state index in [0.29, 0.717) is 35.5 Å². The van der Waals surface area contributed by atoms with Crippen molar-refractivity contribution in [3.63, 3.8) is 0 Å². The predicted octanol–water partition coefficient (Wildman–Crippen LogP) is 13.2. The van der Waals surface area contributed by atoms with E-state index in [1.807, 2.05) is 42.4 Å². The summed E-state index contributed by atoms with van der Waals surface area (Å²) in [5.74, 6) is 3.72. The lowest BCUT2D eigenvalue weighted by Gasteiger charge is -2.06. The molecule has 0 fully saturated rings. The Labute approximate surface area is 342 Å². The van der Waals surface area contributed by atoms with Gasteiger partial charge >= 0.3 is 0 Å². The van der Waals surface area contributed by atoms with Crippen LogP contribution in [0.5, 0.6) is 0 Å². The molecule has 302 valence electrons. The second-order valence-corrected chi connectivity index (χ2v) is 18.5. The quantitative estimate of drug-likeness (QED) is 0.291. The minimum atomic E-state index is 0.567. The highest BCUT2D eigenvalue weighted by atomic mass is 32.1. The summed E-state index contributed by atoms with van der Waals surface area (Å²) in [5.41, 5.74) is 9.83. The zero-order valence-corrected chi connectivity index (χ0v) is 37.7. The summed E-state index contributed by atoms with van der Waals surface area (Å²) in [7, 11) is 0. The largest absolute Gasteiger partial charge is 0.269 e. The lowest BCUT2D eigenvalue weighted by molar-refractivity contribution is 0.678. The highest BCUT2D eigenvalue weighted by molar-refractivity contribution is 7.11. The van der Waals surface area contributed by atoms with Gasteiger partial charge in [-0.3, -0.25) is 15.0 Å². The first-order valence-corrected chi connectivity index (χ1v) is 22.4. The number of allylic oxidation sites excluding steroid dienone is 4. The number of thiazole rings is 1. The molecule has 0 unspecified atom stereocenters. The fourth-order valence-corrected chi connectivity index (χ4v) is 7.72. The second kappa shape index (κ2) is 24.4. The number of aryl methyl sites for hydroxylation is 2. The number of aromatic nitrogens is 3. The van der Waals surface area contributed by atoms with Crippen LogP contribution in [-0.2, 0) is 12.8 Å². The molecule has 8 nitrogen and oxygen atoms in total. The summed E-state index contributed by atoms with van der Waals surface area (Å²) in [5, 5.41) is 12.7. The summed E-state index contributed by atoms with van der Waals surface area (Å²) < 4.78 is 3.74. The van der Waals surface area contributed by atoms with Crippen molar-refractivity contribution >= 4 is 52.4 Å². The van der Waals surface area contributed by atoms with Crippen molar-refractivity contribution in [2.75, 3.05) is 0 Å². The number of rotatable bonds is 6. The van der Waals surface area contributed by atoms with Gasteiger partial charge in [0.2, 0.25) is 0 Å². The van der Waals surface area contributed by atoms with Gasteiger partial charge < -0.3 is 0 Å². The van der Waals surface area contributed by atoms with Crippen molar-refractivity contribution in [3.05, 3.63) is 62.0 Å². The highest BCUT2D eigenvalue weighted by Crippen LogP contribution is 2.35. The summed E-state index contributed by atoms with van der Waals surface area (Å²) in [6.45, 7) is 26.2. The van der Waals surface area contributed by atoms with Crippen LogP contribution in [0, 0.1) is 23.7 Å². The average Bonchev–Trinajstić information content (AvgIpc) is 4.00. The van der Waals surface area contributed by atoms with E-state index in [1.165, 1.54) is 107 Å². The normalized spacial score (nSPS) is 17.4. The van der Waals surface area contributed by atoms with Crippen molar-refractivity contribution in [1.82, 2.24) is 14.6 Å². The molecular weight excluding hydrogens is 717 g/mol. The SMILES string of the molecule is CC(C)C1=CN=CC1.CC(C)C1=NC2=C(CCC2)C1.CC(C)C1=NC=CC1.CC(C)C1=NN=CC1.CC(C)c1cnns1.CC(C)c1nc2c(s1)CCCC2. The van der Waals surface area contributed by atoms with Crippen LogP contribution in [0.15, 0.2) is 66.7 Å². The maximum Gasteiger partial charge on any atom is 0.0956 e. The zero-order valence-electron chi connectivity index (χ0n) is 36.1. The summed E-state index contributed by atoms with van der Waals surface area (Å²) >= 11 is 3.40. The summed E-state index contributed by atoms with van der Waals surface area (Å²) in [6, 6.07) is 0. The van der Waals surface area contributed by atoms with E-state index >= 15 is 0 Å². The molecule has 2 aliphatic carbocycles. The van der Waals surface area contributed by atoms with Gasteiger partial charge in [0.25, 0.3) is 0 Å². The van der Waals surface area contributed by atoms with Crippen molar-refractivity contribution < 1.29 is 0 Å². The lowest BCUT2D eigenvalue weighted by atomic mass is 10.0. The van der Waals surface area contributed by atoms with Gasteiger partial charge in [0.1, 0.15) is 0 Å². The molecule has 0 saturated carbocycles. The van der Waals surface area contributed by atoms with Crippen molar-refractivity contribution in [2.24, 2.45) is 48.9 Å². The lowest BCUT2D eigenvalue weighted by Crippen LogP contribution is -2.04. The van der Waals surface area contributed by atoms with E-state index in [1.54, 1.807) is 10.5 Å². The average molecular weight is 787 g/mol. The van der Waals surface area contributed by atoms with E-state index in [4.69, 9.17) is 0 Å². The number of nitrogens with zero attached hydrogens (tertiary/aromatic N) is 8. The van der Waals surface area contributed by atoms with Crippen LogP contribution < -0.4 is 0 Å². The molecule has 0 amide bonds. The van der Waals surface area contributed by atoms with Crippen LogP contribution in [-0.4, -0.2) is 44.1 Å². The van der Waals surface area contributed by atoms with Crippen LogP contribution >= 0.6 is 22.9 Å². The molecular formula is C45H70N8S2. The van der Waals surface area contributed by atoms with Crippen molar-refractivity contribution in [1.29, 1.82) is 0 Å². The molecule has 10 heteroatoms. The highest BCUT2D eigenvalue weighted by Gasteiger charge is 2.23. The first-order chi connectivity index (χ1) is 26.3. The van der Waals surface area contributed by atoms with E-state index in [2.05, 4.69) is 129 Å². The van der Waals surface area contributed by atoms with Gasteiger partial charge in [-0.25, -0.2) is 4.98 Å². The minimum absolute atomic E-state index is 0.567. The first-order valence-electron chi connectivity index (χ1n) is 20.8. The van der Waals surface area contributed by atoms with Crippen LogP contribution in [0.3, 0.4) is 0 Å². The molecule has 8 rings (SSSR count). The fourth-order valence-electron chi connectivity index (χ4n) is 6.07. The Hall–Kier alpha value is -3.24. The predicted molar refractivity (Wildman–Crippen MR) is 242 cm³/mol. The van der Waals surface area contributed by atoms with Crippen LogP contribution in [0.25, 0.3) is 0 Å². The topological polar surface area (TPSA) is 100 Å². The second-order valence-electron chi connectivity index (χ2n) is 16.6. The van der Waals surface area contributed by atoms with Crippen LogP contribution in [0.2, 0.25) is 0 Å². The van der Waals surface area contributed by atoms with Gasteiger partial charge in [-0.15, -0.1) is 16.4 Å². The maximum atomic E-state index is 4.67. The molecule has 0 saturated heterocycles. The molecule has 6 aliphatic rings. The summed E-state index contributed by atoms with van der Waals surface area (Å²) in [6.07, 6.45) is 24.9. The monoisotopic (exact) mass is 787 g/mol. The number of fused-ring (bicyclic) bond motifs is 1. The molecule has 0 aromatic carbocycles. The molecule has 0 atom stereocenters. The zero-order chi connectivity index (χ0) is 40.3. The third-order valence-corrected chi connectivity index (χ3v) is 12.4. The number of aliphatic imine (C=N–C) groups is 3. The molecule has 2 aromatic rings. The standard InChI is InChI=1S/C10H15NS.C10H15N.2C7H11N.C6H10N2.C5H8N2S/c1-7(2)10-11-8-5-3-4-6-9(8)12-10;1-7(2)10-6-8-4-3-5-9(8)11-10;1-6(2)7-3-4-8-5-7;1-6(2)7-4-3-5-8-7;1-5(2)6-3-4-7-8-6;1-4(2)5-3-6-7-8-5/h7H,3-6H2,1-2H3;7H,3-6H2,1-2H3;4-6H,3H2,1-2H3;3,5-6H,4H2,1-2H3;4-5H,3H2,1-2H3;3-4H,1-2H3. The smallest absolute Gasteiger partial charge is 0.0956 e. The first kappa shape index (κ1) is 46.1. The minimum Gasteiger partial charge on any atom is -0.269 e. The van der Waals surface area contributed by atoms with E-state index < -0.39 is 0 Å². The van der Waals surface area contributed by atoms with Crippen LogP contribution in [0.1, 0.15) is 173 Å². The van der Waals surface area contributed by atoms with Gasteiger partial charge in [-0.1, -0.05) is 93.6 Å². The summed E-state index contributed by atoms with van der Waals surface area (Å²) in [4.78, 5) is 20.3. The molecule has 6 heterocycles. The Balaban J connectivity index is 0.000000179. The Bertz CT molecular complexity index is 1590. The number of hydrogen-bond donors (Lipinski definition) is 0. The van der Waals surface area contributed by atoms with E-state index in [-0.39, 0.29) is 0 Å². The van der Waals surface area contributed by atoms with E-state index in [0.717, 1.165) is 19.3 Å². The third kappa shape index (κ3) is 16.4. The molecule has 55 heavy (non-hydrogen) atoms. The Morgan fingerprint density at radius 1 is 0.655 bits per heavy atom. The van der Waals surface area contributed by atoms with Gasteiger partial charge in [0.05, 0.1) is 16.9 Å². The third-order valence-electron chi connectivity index (χ3n) is 9.93. The number of hydrogen-bond acceptors (Lipinski definition) is 10. The van der Waals surface area contributed by atoms with Crippen molar-refractivity contribution in [2.45, 2.75) is 166 Å². The molecule has 0 spiro atoms. The molecule has 2 aromatic heterocycles. The molecule has 0 N–H and O–H groups in total. The molecule has 0 bridgehead atoms. The Kier molecular flexibility index (Phi) is 20.5. The van der Waals surface area contributed by atoms with Gasteiger partial charge in [0, 0.05) is 89.0 Å². The van der Waals surface area contributed by atoms with Crippen molar-refractivity contribution in [3.8, 4) is 0 Å². The maximum absolute atomic E-state index is 4.67. The van der Waals surface area contributed by atoms with Gasteiger partial charge in [-0.05, 0) is 97.2 Å². The Morgan fingerprint density at radius 2 is 1.38 bits per heavy atom. The fraction of sp³-hybridized carbons (Fsp3) is 0.644. The molecule has 0 radical (unpaired) electrons. The van der Waals surface area contributed by atoms with Gasteiger partial charge in [0.15, 0.2) is 0 Å². The Morgan fingerprint density at radius 3 is 1.80 bits per heavy atom.